The molecule has 7 nitrogen and oxygen atoms in total. The molecular formula is C18H15N5O2. The summed E-state index contributed by atoms with van der Waals surface area (Å²) < 4.78 is 7.48. The molecule has 3 aliphatic rings. The second kappa shape index (κ2) is 4.56. The number of fused-ring (bicyclic) bond motifs is 6. The Morgan fingerprint density at radius 3 is 2.80 bits per heavy atom. The summed E-state index contributed by atoms with van der Waals surface area (Å²) in [7, 11) is 0. The van der Waals surface area contributed by atoms with Crippen LogP contribution in [0.2, 0.25) is 0 Å². The summed E-state index contributed by atoms with van der Waals surface area (Å²) in [5, 5.41) is 4.15. The number of nitrogens with zero attached hydrogens (tertiary/aromatic N) is 5. The number of benzene rings is 1. The van der Waals surface area contributed by atoms with Crippen LogP contribution in [0, 0.1) is 0 Å². The van der Waals surface area contributed by atoms with Crippen LogP contribution in [0.3, 0.4) is 0 Å². The van der Waals surface area contributed by atoms with E-state index in [4.69, 9.17) is 4.52 Å². The minimum atomic E-state index is -0.0252. The second-order valence-electron chi connectivity index (χ2n) is 6.89. The van der Waals surface area contributed by atoms with Gasteiger partial charge in [0.25, 0.3) is 0 Å². The first-order chi connectivity index (χ1) is 12.3. The lowest BCUT2D eigenvalue weighted by molar-refractivity contribution is -0.117. The monoisotopic (exact) mass is 333 g/mol. The summed E-state index contributed by atoms with van der Waals surface area (Å²) in [4.78, 5) is 23.5. The maximum Gasteiger partial charge on any atom is 0.230 e. The summed E-state index contributed by atoms with van der Waals surface area (Å²) in [6, 6.07) is 7.92. The van der Waals surface area contributed by atoms with Crippen LogP contribution in [0.15, 0.2) is 35.1 Å². The number of imidazole rings is 1. The number of para-hydroxylation sites is 2. The highest BCUT2D eigenvalue weighted by Crippen LogP contribution is 2.47. The van der Waals surface area contributed by atoms with Gasteiger partial charge in [-0.25, -0.2) is 4.98 Å². The maximum absolute atomic E-state index is 12.5. The van der Waals surface area contributed by atoms with Crippen molar-refractivity contribution in [2.24, 2.45) is 0 Å². The largest absolute Gasteiger partial charge is 0.339 e. The van der Waals surface area contributed by atoms with Crippen molar-refractivity contribution in [1.29, 1.82) is 0 Å². The van der Waals surface area contributed by atoms with Gasteiger partial charge < -0.3 is 9.42 Å². The van der Waals surface area contributed by atoms with Gasteiger partial charge in [0.2, 0.25) is 17.6 Å². The van der Waals surface area contributed by atoms with E-state index >= 15 is 0 Å². The minimum absolute atomic E-state index is 0.0252. The van der Waals surface area contributed by atoms with Gasteiger partial charge in [-0.05, 0) is 31.4 Å². The standard InChI is InChI=1S/C18H15N5O2/c24-14-8-7-13-16-15(17-20-18(25-21-17)10-5-6-10)19-9-22(16)11-3-1-2-4-12(11)23(13)14/h1-4,9-10,13H,5-8H2/t13-/m0/s1. The molecule has 1 aromatic carbocycles. The van der Waals surface area contributed by atoms with E-state index in [9.17, 15) is 4.79 Å². The molecule has 7 heteroatoms. The molecular weight excluding hydrogens is 318 g/mol. The predicted molar refractivity (Wildman–Crippen MR) is 88.3 cm³/mol. The van der Waals surface area contributed by atoms with Crippen LogP contribution in [-0.2, 0) is 4.79 Å². The Bertz CT molecular complexity index is 1020. The molecule has 0 bridgehead atoms. The van der Waals surface area contributed by atoms with E-state index < -0.39 is 0 Å². The molecule has 124 valence electrons. The normalized spacial score (nSPS) is 21.2. The zero-order valence-electron chi connectivity index (χ0n) is 13.4. The Balaban J connectivity index is 1.56. The number of rotatable bonds is 2. The molecule has 0 radical (unpaired) electrons. The van der Waals surface area contributed by atoms with Crippen molar-refractivity contribution >= 4 is 11.6 Å². The summed E-state index contributed by atoms with van der Waals surface area (Å²) in [5.41, 5.74) is 3.61. The van der Waals surface area contributed by atoms with Crippen molar-refractivity contribution in [3.63, 3.8) is 0 Å². The van der Waals surface area contributed by atoms with Gasteiger partial charge in [0.05, 0.1) is 23.1 Å². The first-order valence-electron chi connectivity index (χ1n) is 8.64. The lowest BCUT2D eigenvalue weighted by atomic mass is 10.0. The molecule has 3 aromatic rings. The number of carbonyl (C=O) groups is 1. The molecule has 0 N–H and O–H groups in total. The molecule has 0 unspecified atom stereocenters. The molecule has 1 atom stereocenters. The van der Waals surface area contributed by atoms with Crippen molar-refractivity contribution < 1.29 is 9.32 Å². The SMILES string of the molecule is O=C1CC[C@H]2c3c(-c4noc(C5CC5)n4)ncn3-c3ccccc3N12. The average Bonchev–Trinajstić information content (AvgIpc) is 3.06. The highest BCUT2D eigenvalue weighted by atomic mass is 16.5. The van der Waals surface area contributed by atoms with E-state index in [0.29, 0.717) is 24.1 Å². The topological polar surface area (TPSA) is 77.0 Å². The predicted octanol–water partition coefficient (Wildman–Crippen LogP) is 2.98. The Hall–Kier alpha value is -2.96. The van der Waals surface area contributed by atoms with Gasteiger partial charge in [-0.2, -0.15) is 4.98 Å². The second-order valence-corrected chi connectivity index (χ2v) is 6.89. The van der Waals surface area contributed by atoms with Gasteiger partial charge in [0.1, 0.15) is 12.0 Å². The zero-order valence-corrected chi connectivity index (χ0v) is 13.4. The fourth-order valence-electron chi connectivity index (χ4n) is 3.98. The lowest BCUT2D eigenvalue weighted by Crippen LogP contribution is -2.33. The van der Waals surface area contributed by atoms with Gasteiger partial charge >= 0.3 is 0 Å². The Morgan fingerprint density at radius 1 is 1.12 bits per heavy atom. The smallest absolute Gasteiger partial charge is 0.230 e. The molecule has 1 saturated heterocycles. The van der Waals surface area contributed by atoms with E-state index in [0.717, 1.165) is 42.0 Å². The van der Waals surface area contributed by atoms with Crippen LogP contribution < -0.4 is 4.90 Å². The van der Waals surface area contributed by atoms with Crippen LogP contribution in [0.4, 0.5) is 5.69 Å². The van der Waals surface area contributed by atoms with Crippen LogP contribution in [0.5, 0.6) is 0 Å². The fraction of sp³-hybridized carbons (Fsp3) is 0.333. The summed E-state index contributed by atoms with van der Waals surface area (Å²) in [6.45, 7) is 0. The molecule has 0 spiro atoms. The molecule has 25 heavy (non-hydrogen) atoms. The van der Waals surface area contributed by atoms with Crippen molar-refractivity contribution in [2.45, 2.75) is 37.6 Å². The fourth-order valence-corrected chi connectivity index (χ4v) is 3.98. The Morgan fingerprint density at radius 2 is 1.96 bits per heavy atom. The minimum Gasteiger partial charge on any atom is -0.339 e. The van der Waals surface area contributed by atoms with E-state index in [2.05, 4.69) is 19.7 Å². The summed E-state index contributed by atoms with van der Waals surface area (Å²) in [6.07, 6.45) is 5.35. The first kappa shape index (κ1) is 13.3. The number of aromatic nitrogens is 4. The van der Waals surface area contributed by atoms with Gasteiger partial charge in [0.15, 0.2) is 0 Å². The van der Waals surface area contributed by atoms with E-state index in [1.54, 1.807) is 6.33 Å². The van der Waals surface area contributed by atoms with Gasteiger partial charge in [-0.3, -0.25) is 9.36 Å². The number of anilines is 1. The van der Waals surface area contributed by atoms with Crippen LogP contribution in [-0.4, -0.2) is 25.6 Å². The van der Waals surface area contributed by atoms with E-state index in [-0.39, 0.29) is 11.9 Å². The van der Waals surface area contributed by atoms with Crippen molar-refractivity contribution in [1.82, 2.24) is 19.7 Å². The van der Waals surface area contributed by atoms with Gasteiger partial charge in [-0.1, -0.05) is 17.3 Å². The molecule has 2 aliphatic heterocycles. The van der Waals surface area contributed by atoms with Gasteiger partial charge in [0, 0.05) is 12.3 Å². The summed E-state index contributed by atoms with van der Waals surface area (Å²) >= 11 is 0. The molecule has 1 saturated carbocycles. The Kier molecular flexibility index (Phi) is 2.43. The average molecular weight is 333 g/mol. The maximum atomic E-state index is 12.5. The van der Waals surface area contributed by atoms with Crippen LogP contribution in [0.25, 0.3) is 17.2 Å². The molecule has 4 heterocycles. The van der Waals surface area contributed by atoms with Crippen LogP contribution >= 0.6 is 0 Å². The number of amides is 1. The third-order valence-corrected chi connectivity index (χ3v) is 5.31. The molecule has 2 aromatic heterocycles. The summed E-state index contributed by atoms with van der Waals surface area (Å²) in [5.74, 6) is 1.79. The highest BCUT2D eigenvalue weighted by molar-refractivity contribution is 5.99. The number of hydrogen-bond acceptors (Lipinski definition) is 5. The molecule has 1 aliphatic carbocycles. The third kappa shape index (κ3) is 1.75. The van der Waals surface area contributed by atoms with Crippen LogP contribution in [0.1, 0.15) is 49.2 Å². The third-order valence-electron chi connectivity index (χ3n) is 5.31. The molecule has 2 fully saturated rings. The number of carbonyl (C=O) groups excluding carboxylic acids is 1. The van der Waals surface area contributed by atoms with Gasteiger partial charge in [-0.15, -0.1) is 0 Å². The highest BCUT2D eigenvalue weighted by Gasteiger charge is 2.42. The van der Waals surface area contributed by atoms with Crippen molar-refractivity contribution in [2.75, 3.05) is 4.90 Å². The number of hydrogen-bond donors (Lipinski definition) is 0. The molecule has 1 amide bonds. The Labute approximate surface area is 143 Å². The lowest BCUT2D eigenvalue weighted by Gasteiger charge is -2.33. The first-order valence-corrected chi connectivity index (χ1v) is 8.64. The van der Waals surface area contributed by atoms with Crippen molar-refractivity contribution in [3.05, 3.63) is 42.2 Å². The van der Waals surface area contributed by atoms with E-state index in [1.165, 1.54) is 0 Å². The zero-order chi connectivity index (χ0) is 16.5. The van der Waals surface area contributed by atoms with Crippen molar-refractivity contribution in [3.8, 4) is 17.2 Å². The van der Waals surface area contributed by atoms with E-state index in [1.807, 2.05) is 29.2 Å². The quantitative estimate of drug-likeness (QED) is 0.720. The molecule has 6 rings (SSSR count).